The second-order valence-corrected chi connectivity index (χ2v) is 6.32. The molecule has 0 atom stereocenters. The van der Waals surface area contributed by atoms with Gasteiger partial charge in [0.1, 0.15) is 17.5 Å². The van der Waals surface area contributed by atoms with Crippen LogP contribution in [0.3, 0.4) is 0 Å². The molecule has 0 unspecified atom stereocenters. The lowest BCUT2D eigenvalue weighted by molar-refractivity contribution is 0.0756. The van der Waals surface area contributed by atoms with Gasteiger partial charge in [0.2, 0.25) is 0 Å². The molecule has 0 saturated carbocycles. The van der Waals surface area contributed by atoms with Gasteiger partial charge in [-0.1, -0.05) is 0 Å². The molecule has 0 spiro atoms. The van der Waals surface area contributed by atoms with Crippen LogP contribution in [0.15, 0.2) is 30.6 Å². The summed E-state index contributed by atoms with van der Waals surface area (Å²) in [6, 6.07) is 3.09. The average Bonchev–Trinajstić information content (AvgIpc) is 2.85. The predicted octanol–water partition coefficient (Wildman–Crippen LogP) is 2.09. The number of aryl methyl sites for hydroxylation is 1. The first-order valence-corrected chi connectivity index (χ1v) is 8.47. The Kier molecular flexibility index (Phi) is 5.43. The SMILES string of the molecule is Cn1ccnc1CCN1CCCN(C(=O)c2ccc(F)cc2F)CC1. The zero-order chi connectivity index (χ0) is 17.8. The standard InChI is InChI=1S/C18H22F2N4O/c1-22-10-6-21-17(22)5-9-23-7-2-8-24(12-11-23)18(25)15-4-3-14(19)13-16(15)20/h3-4,6,10,13H,2,5,7-9,11-12H2,1H3. The van der Waals surface area contributed by atoms with E-state index in [9.17, 15) is 13.6 Å². The Morgan fingerprint density at radius 3 is 2.76 bits per heavy atom. The highest BCUT2D eigenvalue weighted by Crippen LogP contribution is 2.14. The third-order valence-electron chi connectivity index (χ3n) is 4.61. The fourth-order valence-corrected chi connectivity index (χ4v) is 3.13. The first-order valence-electron chi connectivity index (χ1n) is 8.47. The molecule has 1 fully saturated rings. The van der Waals surface area contributed by atoms with Gasteiger partial charge in [-0.25, -0.2) is 13.8 Å². The molecular formula is C18H22F2N4O. The minimum absolute atomic E-state index is 0.0668. The van der Waals surface area contributed by atoms with Crippen LogP contribution >= 0.6 is 0 Å². The van der Waals surface area contributed by atoms with Crippen molar-refractivity contribution in [2.24, 2.45) is 7.05 Å². The topological polar surface area (TPSA) is 41.4 Å². The van der Waals surface area contributed by atoms with E-state index in [2.05, 4.69) is 9.88 Å². The third-order valence-corrected chi connectivity index (χ3v) is 4.61. The van der Waals surface area contributed by atoms with Crippen LogP contribution in [0.4, 0.5) is 8.78 Å². The molecular weight excluding hydrogens is 326 g/mol. The van der Waals surface area contributed by atoms with Crippen LogP contribution < -0.4 is 0 Å². The number of carbonyl (C=O) groups excluding carboxylic acids is 1. The first-order chi connectivity index (χ1) is 12.0. The normalized spacial score (nSPS) is 16.0. The van der Waals surface area contributed by atoms with Crippen LogP contribution in [0.5, 0.6) is 0 Å². The average molecular weight is 348 g/mol. The molecule has 0 N–H and O–H groups in total. The highest BCUT2D eigenvalue weighted by atomic mass is 19.1. The van der Waals surface area contributed by atoms with Gasteiger partial charge in [0.15, 0.2) is 0 Å². The van der Waals surface area contributed by atoms with Crippen LogP contribution in [0.1, 0.15) is 22.6 Å². The van der Waals surface area contributed by atoms with E-state index < -0.39 is 11.6 Å². The molecule has 2 heterocycles. The molecule has 1 aromatic carbocycles. The largest absolute Gasteiger partial charge is 0.338 e. The molecule has 0 radical (unpaired) electrons. The summed E-state index contributed by atoms with van der Waals surface area (Å²) in [7, 11) is 1.97. The number of hydrogen-bond acceptors (Lipinski definition) is 3. The van der Waals surface area contributed by atoms with E-state index in [1.54, 1.807) is 11.1 Å². The van der Waals surface area contributed by atoms with E-state index >= 15 is 0 Å². The molecule has 5 nitrogen and oxygen atoms in total. The number of aromatic nitrogens is 2. The number of amides is 1. The summed E-state index contributed by atoms with van der Waals surface area (Å²) in [5.41, 5.74) is -0.0668. The van der Waals surface area contributed by atoms with Crippen molar-refractivity contribution in [3.63, 3.8) is 0 Å². The van der Waals surface area contributed by atoms with Crippen LogP contribution in [0.2, 0.25) is 0 Å². The van der Waals surface area contributed by atoms with Gasteiger partial charge in [-0.15, -0.1) is 0 Å². The fraction of sp³-hybridized carbons (Fsp3) is 0.444. The quantitative estimate of drug-likeness (QED) is 0.850. The van der Waals surface area contributed by atoms with E-state index in [4.69, 9.17) is 0 Å². The summed E-state index contributed by atoms with van der Waals surface area (Å²) in [5.74, 6) is -0.819. The Morgan fingerprint density at radius 2 is 2.04 bits per heavy atom. The molecule has 1 saturated heterocycles. The van der Waals surface area contributed by atoms with Crippen molar-refractivity contribution >= 4 is 5.91 Å². The van der Waals surface area contributed by atoms with E-state index in [0.717, 1.165) is 50.4 Å². The summed E-state index contributed by atoms with van der Waals surface area (Å²) in [6.07, 6.45) is 5.39. The zero-order valence-electron chi connectivity index (χ0n) is 14.3. The van der Waals surface area contributed by atoms with Gasteiger partial charge in [0.05, 0.1) is 5.56 Å². The molecule has 0 bridgehead atoms. The maximum absolute atomic E-state index is 13.8. The molecule has 7 heteroatoms. The lowest BCUT2D eigenvalue weighted by Crippen LogP contribution is -2.36. The lowest BCUT2D eigenvalue weighted by atomic mass is 10.1. The Hall–Kier alpha value is -2.28. The summed E-state index contributed by atoms with van der Waals surface area (Å²) in [6.45, 7) is 3.61. The second-order valence-electron chi connectivity index (χ2n) is 6.32. The molecule has 1 aromatic heterocycles. The predicted molar refractivity (Wildman–Crippen MR) is 90.2 cm³/mol. The van der Waals surface area contributed by atoms with E-state index in [1.165, 1.54) is 6.07 Å². The molecule has 1 amide bonds. The van der Waals surface area contributed by atoms with Crippen molar-refractivity contribution in [1.29, 1.82) is 0 Å². The summed E-state index contributed by atoms with van der Waals surface area (Å²) < 4.78 is 28.9. The minimum atomic E-state index is -0.805. The van der Waals surface area contributed by atoms with Crippen LogP contribution in [0, 0.1) is 11.6 Å². The molecule has 1 aliphatic heterocycles. The van der Waals surface area contributed by atoms with E-state index in [-0.39, 0.29) is 11.5 Å². The van der Waals surface area contributed by atoms with Gasteiger partial charge >= 0.3 is 0 Å². The maximum atomic E-state index is 13.8. The first kappa shape index (κ1) is 17.5. The number of carbonyl (C=O) groups is 1. The van der Waals surface area contributed by atoms with E-state index in [0.29, 0.717) is 13.1 Å². The Bertz CT molecular complexity index is 746. The number of rotatable bonds is 4. The third kappa shape index (κ3) is 4.22. The lowest BCUT2D eigenvalue weighted by Gasteiger charge is -2.22. The number of benzene rings is 1. The van der Waals surface area contributed by atoms with Gasteiger partial charge in [-0.2, -0.15) is 0 Å². The van der Waals surface area contributed by atoms with Crippen molar-refractivity contribution in [2.45, 2.75) is 12.8 Å². The number of hydrogen-bond donors (Lipinski definition) is 0. The monoisotopic (exact) mass is 348 g/mol. The van der Waals surface area contributed by atoms with E-state index in [1.807, 2.05) is 17.8 Å². The van der Waals surface area contributed by atoms with Crippen molar-refractivity contribution in [2.75, 3.05) is 32.7 Å². The molecule has 0 aliphatic carbocycles. The van der Waals surface area contributed by atoms with Crippen molar-refractivity contribution in [1.82, 2.24) is 19.4 Å². The number of nitrogens with zero attached hydrogens (tertiary/aromatic N) is 4. The molecule has 25 heavy (non-hydrogen) atoms. The highest BCUT2D eigenvalue weighted by Gasteiger charge is 2.22. The van der Waals surface area contributed by atoms with Gasteiger partial charge in [-0.3, -0.25) is 4.79 Å². The molecule has 134 valence electrons. The van der Waals surface area contributed by atoms with Crippen molar-refractivity contribution in [3.05, 3.63) is 53.6 Å². The highest BCUT2D eigenvalue weighted by molar-refractivity contribution is 5.94. The van der Waals surface area contributed by atoms with Gasteiger partial charge < -0.3 is 14.4 Å². The maximum Gasteiger partial charge on any atom is 0.256 e. The van der Waals surface area contributed by atoms with Gasteiger partial charge in [0, 0.05) is 58.1 Å². The van der Waals surface area contributed by atoms with Gasteiger partial charge in [0.25, 0.3) is 5.91 Å². The summed E-state index contributed by atoms with van der Waals surface area (Å²) in [4.78, 5) is 20.8. The minimum Gasteiger partial charge on any atom is -0.338 e. The Morgan fingerprint density at radius 1 is 1.20 bits per heavy atom. The fourth-order valence-electron chi connectivity index (χ4n) is 3.13. The molecule has 2 aromatic rings. The van der Waals surface area contributed by atoms with Crippen molar-refractivity contribution in [3.8, 4) is 0 Å². The molecule has 1 aliphatic rings. The number of halogens is 2. The van der Waals surface area contributed by atoms with Crippen LogP contribution in [0.25, 0.3) is 0 Å². The van der Waals surface area contributed by atoms with Gasteiger partial charge in [-0.05, 0) is 25.1 Å². The number of imidazole rings is 1. The smallest absolute Gasteiger partial charge is 0.256 e. The van der Waals surface area contributed by atoms with Crippen molar-refractivity contribution < 1.29 is 13.6 Å². The van der Waals surface area contributed by atoms with Crippen LogP contribution in [-0.2, 0) is 13.5 Å². The molecule has 3 rings (SSSR count). The Balaban J connectivity index is 1.57. The summed E-state index contributed by atoms with van der Waals surface area (Å²) >= 11 is 0. The summed E-state index contributed by atoms with van der Waals surface area (Å²) in [5, 5.41) is 0. The van der Waals surface area contributed by atoms with Crippen LogP contribution in [-0.4, -0.2) is 58.0 Å². The zero-order valence-corrected chi connectivity index (χ0v) is 14.3. The second kappa shape index (κ2) is 7.74. The Labute approximate surface area is 145 Å².